The van der Waals surface area contributed by atoms with Crippen LogP contribution in [0.2, 0.25) is 0 Å². The first-order valence-corrected chi connectivity index (χ1v) is 19.7. The predicted octanol–water partition coefficient (Wildman–Crippen LogP) is 10.5. The quantitative estimate of drug-likeness (QED) is 0.0612. The molecule has 1 N–H and O–H groups in total. The second-order valence-electron chi connectivity index (χ2n) is 13.5. The summed E-state index contributed by atoms with van der Waals surface area (Å²) >= 11 is 0. The zero-order chi connectivity index (χ0) is 32.8. The molecule has 0 bridgehead atoms. The molecule has 0 aliphatic carbocycles. The van der Waals surface area contributed by atoms with Crippen molar-refractivity contribution in [2.75, 3.05) is 61.6 Å². The summed E-state index contributed by atoms with van der Waals surface area (Å²) < 4.78 is 0. The fourth-order valence-electron chi connectivity index (χ4n) is 6.06. The molecule has 45 heavy (non-hydrogen) atoms. The summed E-state index contributed by atoms with van der Waals surface area (Å²) in [6, 6.07) is 0. The first-order chi connectivity index (χ1) is 22.1. The van der Waals surface area contributed by atoms with Gasteiger partial charge in [-0.05, 0) is 32.7 Å². The predicted molar refractivity (Wildman–Crippen MR) is 200 cm³/mol. The SMILES string of the molecule is CCCCCCCCN(CCCCCCCC)c1nc(N(C)CNC)nc(N(CCCCCCCC)CCCCCCCC)n1. The van der Waals surface area contributed by atoms with E-state index in [-0.39, 0.29) is 0 Å². The van der Waals surface area contributed by atoms with Gasteiger partial charge in [-0.1, -0.05) is 156 Å². The van der Waals surface area contributed by atoms with Crippen molar-refractivity contribution in [3.8, 4) is 0 Å². The fourth-order valence-corrected chi connectivity index (χ4v) is 6.06. The van der Waals surface area contributed by atoms with Crippen LogP contribution in [0, 0.1) is 0 Å². The van der Waals surface area contributed by atoms with Crippen LogP contribution in [0.3, 0.4) is 0 Å². The minimum atomic E-state index is 0.715. The van der Waals surface area contributed by atoms with Gasteiger partial charge in [0.25, 0.3) is 0 Å². The van der Waals surface area contributed by atoms with Crippen molar-refractivity contribution in [3.05, 3.63) is 0 Å². The largest absolute Gasteiger partial charge is 0.341 e. The Kier molecular flexibility index (Phi) is 27.4. The van der Waals surface area contributed by atoms with Crippen LogP contribution in [0.25, 0.3) is 0 Å². The molecule has 0 aliphatic rings. The van der Waals surface area contributed by atoms with Crippen LogP contribution in [-0.4, -0.2) is 61.9 Å². The second-order valence-corrected chi connectivity index (χ2v) is 13.5. The van der Waals surface area contributed by atoms with E-state index in [0.717, 1.165) is 44.0 Å². The topological polar surface area (TPSA) is 60.4 Å². The van der Waals surface area contributed by atoms with E-state index in [1.54, 1.807) is 0 Å². The van der Waals surface area contributed by atoms with Crippen LogP contribution in [-0.2, 0) is 0 Å². The van der Waals surface area contributed by atoms with E-state index >= 15 is 0 Å². The highest BCUT2D eigenvalue weighted by molar-refractivity contribution is 5.46. The minimum Gasteiger partial charge on any atom is -0.341 e. The van der Waals surface area contributed by atoms with E-state index in [1.165, 1.54) is 154 Å². The molecule has 0 radical (unpaired) electrons. The molecule has 264 valence electrons. The molecular weight excluding hydrogens is 554 g/mol. The third-order valence-electron chi connectivity index (χ3n) is 9.03. The zero-order valence-corrected chi connectivity index (χ0v) is 31.2. The van der Waals surface area contributed by atoms with Gasteiger partial charge in [0.05, 0.1) is 6.67 Å². The smallest absolute Gasteiger partial charge is 0.232 e. The summed E-state index contributed by atoms with van der Waals surface area (Å²) in [6.45, 7) is 14.0. The summed E-state index contributed by atoms with van der Waals surface area (Å²) in [5.74, 6) is 2.56. The van der Waals surface area contributed by atoms with Gasteiger partial charge in [0.1, 0.15) is 0 Å². The number of unbranched alkanes of at least 4 members (excludes halogenated alkanes) is 20. The molecule has 7 nitrogen and oxygen atoms in total. The molecule has 0 aliphatic heterocycles. The third kappa shape index (κ3) is 21.0. The first-order valence-electron chi connectivity index (χ1n) is 19.7. The van der Waals surface area contributed by atoms with Crippen molar-refractivity contribution < 1.29 is 0 Å². The Morgan fingerprint density at radius 3 is 0.956 bits per heavy atom. The maximum absolute atomic E-state index is 5.27. The molecule has 0 spiro atoms. The van der Waals surface area contributed by atoms with Crippen molar-refractivity contribution in [2.45, 2.75) is 182 Å². The molecule has 0 saturated carbocycles. The van der Waals surface area contributed by atoms with Crippen LogP contribution in [0.5, 0.6) is 0 Å². The summed E-state index contributed by atoms with van der Waals surface area (Å²) in [5.41, 5.74) is 0. The van der Waals surface area contributed by atoms with E-state index in [0.29, 0.717) is 6.67 Å². The number of nitrogens with one attached hydrogen (secondary N) is 1. The lowest BCUT2D eigenvalue weighted by Gasteiger charge is -2.28. The van der Waals surface area contributed by atoms with Gasteiger partial charge in [0.2, 0.25) is 17.8 Å². The molecule has 0 aromatic carbocycles. The molecule has 0 atom stereocenters. The second kappa shape index (κ2) is 29.8. The molecule has 1 rings (SSSR count). The van der Waals surface area contributed by atoms with Crippen molar-refractivity contribution >= 4 is 17.8 Å². The Morgan fingerprint density at radius 1 is 0.400 bits per heavy atom. The van der Waals surface area contributed by atoms with Crippen LogP contribution < -0.4 is 20.0 Å². The van der Waals surface area contributed by atoms with Gasteiger partial charge in [0, 0.05) is 33.2 Å². The van der Waals surface area contributed by atoms with Gasteiger partial charge in [-0.25, -0.2) is 0 Å². The van der Waals surface area contributed by atoms with Crippen LogP contribution in [0.1, 0.15) is 182 Å². The average molecular weight is 632 g/mol. The number of hydrogen-bond acceptors (Lipinski definition) is 7. The first kappa shape index (κ1) is 41.4. The lowest BCUT2D eigenvalue weighted by molar-refractivity contribution is 0.563. The van der Waals surface area contributed by atoms with Crippen LogP contribution in [0.15, 0.2) is 0 Å². The average Bonchev–Trinajstić information content (AvgIpc) is 3.05. The highest BCUT2D eigenvalue weighted by Crippen LogP contribution is 2.22. The summed E-state index contributed by atoms with van der Waals surface area (Å²) in [6.07, 6.45) is 31.4. The van der Waals surface area contributed by atoms with Crippen molar-refractivity contribution in [3.63, 3.8) is 0 Å². The molecule has 1 heterocycles. The Labute approximate surface area is 281 Å². The van der Waals surface area contributed by atoms with Gasteiger partial charge < -0.3 is 20.0 Å². The molecule has 0 unspecified atom stereocenters. The van der Waals surface area contributed by atoms with Crippen molar-refractivity contribution in [1.82, 2.24) is 20.3 Å². The summed E-state index contributed by atoms with van der Waals surface area (Å²) in [4.78, 5) is 22.6. The van der Waals surface area contributed by atoms with Crippen LogP contribution in [0.4, 0.5) is 17.8 Å². The number of aromatic nitrogens is 3. The third-order valence-corrected chi connectivity index (χ3v) is 9.03. The maximum atomic E-state index is 5.27. The molecule has 1 aromatic heterocycles. The Morgan fingerprint density at radius 2 is 0.667 bits per heavy atom. The van der Waals surface area contributed by atoms with Gasteiger partial charge in [0.15, 0.2) is 0 Å². The fraction of sp³-hybridized carbons (Fsp3) is 0.921. The number of rotatable bonds is 33. The molecule has 0 saturated heterocycles. The van der Waals surface area contributed by atoms with Crippen molar-refractivity contribution in [1.29, 1.82) is 0 Å². The number of anilines is 3. The van der Waals surface area contributed by atoms with E-state index in [1.807, 2.05) is 7.05 Å². The molecular formula is C38H77N7. The number of nitrogens with zero attached hydrogens (tertiary/aromatic N) is 6. The summed E-state index contributed by atoms with van der Waals surface area (Å²) in [5, 5.41) is 3.30. The highest BCUT2D eigenvalue weighted by atomic mass is 15.4. The Bertz CT molecular complexity index is 688. The van der Waals surface area contributed by atoms with Crippen LogP contribution >= 0.6 is 0 Å². The van der Waals surface area contributed by atoms with E-state index in [4.69, 9.17) is 15.0 Å². The zero-order valence-electron chi connectivity index (χ0n) is 31.2. The van der Waals surface area contributed by atoms with Crippen molar-refractivity contribution in [2.24, 2.45) is 0 Å². The summed E-state index contributed by atoms with van der Waals surface area (Å²) in [7, 11) is 4.09. The molecule has 0 amide bonds. The standard InChI is InChI=1S/C38H77N7/c1-7-11-15-19-23-27-31-44(32-28-24-20-16-12-8-2)37-40-36(43(6)35-39-5)41-38(42-37)45(33-29-25-21-17-13-9-3)34-30-26-22-18-14-10-4/h39H,7-35H2,1-6H3. The maximum Gasteiger partial charge on any atom is 0.232 e. The van der Waals surface area contributed by atoms with E-state index < -0.39 is 0 Å². The minimum absolute atomic E-state index is 0.715. The lowest BCUT2D eigenvalue weighted by atomic mass is 10.1. The van der Waals surface area contributed by atoms with Gasteiger partial charge in [-0.15, -0.1) is 0 Å². The molecule has 1 aromatic rings. The molecule has 7 heteroatoms. The van der Waals surface area contributed by atoms with Gasteiger partial charge in [-0.3, -0.25) is 0 Å². The number of hydrogen-bond donors (Lipinski definition) is 1. The Hall–Kier alpha value is -1.63. The van der Waals surface area contributed by atoms with E-state index in [9.17, 15) is 0 Å². The monoisotopic (exact) mass is 632 g/mol. The van der Waals surface area contributed by atoms with Gasteiger partial charge in [-0.2, -0.15) is 15.0 Å². The highest BCUT2D eigenvalue weighted by Gasteiger charge is 2.19. The molecule has 0 fully saturated rings. The van der Waals surface area contributed by atoms with E-state index in [2.05, 4.69) is 54.8 Å². The van der Waals surface area contributed by atoms with Gasteiger partial charge >= 0.3 is 0 Å². The Balaban J connectivity index is 3.19. The normalized spacial score (nSPS) is 11.3. The lowest BCUT2D eigenvalue weighted by Crippen LogP contribution is -2.34.